The van der Waals surface area contributed by atoms with Crippen LogP contribution in [0, 0.1) is 5.41 Å². The van der Waals surface area contributed by atoms with Crippen molar-refractivity contribution in [2.24, 2.45) is 11.1 Å². The first-order valence-corrected chi connectivity index (χ1v) is 7.07. The minimum absolute atomic E-state index is 0.0469. The van der Waals surface area contributed by atoms with E-state index in [4.69, 9.17) is 5.73 Å². The van der Waals surface area contributed by atoms with Crippen LogP contribution < -0.4 is 11.1 Å². The Kier molecular flexibility index (Phi) is 4.73. The fourth-order valence-electron chi connectivity index (χ4n) is 1.87. The van der Waals surface area contributed by atoms with E-state index in [1.54, 1.807) is 6.26 Å². The molecule has 0 spiro atoms. The number of rotatable bonds is 6. The van der Waals surface area contributed by atoms with Gasteiger partial charge in [-0.2, -0.15) is 0 Å². The Hall–Kier alpha value is -0.420. The monoisotopic (exact) mass is 232 g/mol. The van der Waals surface area contributed by atoms with Gasteiger partial charge < -0.3 is 11.1 Å². The number of amides is 1. The van der Waals surface area contributed by atoms with E-state index in [0.717, 1.165) is 12.8 Å². The van der Waals surface area contributed by atoms with Crippen LogP contribution in [0.3, 0.4) is 0 Å². The highest BCUT2D eigenvalue weighted by Crippen LogP contribution is 2.42. The van der Waals surface area contributed by atoms with Crippen molar-refractivity contribution >= 4 is 16.7 Å². The third kappa shape index (κ3) is 3.91. The summed E-state index contributed by atoms with van der Waals surface area (Å²) in [6.07, 6.45) is 5.48. The maximum absolute atomic E-state index is 11.5. The molecule has 0 bridgehead atoms. The van der Waals surface area contributed by atoms with Gasteiger partial charge in [-0.15, -0.1) is 0 Å². The molecule has 1 atom stereocenters. The molecule has 88 valence electrons. The highest BCUT2D eigenvalue weighted by Gasteiger charge is 2.37. The molecule has 1 aliphatic rings. The molecule has 1 aliphatic carbocycles. The van der Waals surface area contributed by atoms with Crippen molar-refractivity contribution in [2.75, 3.05) is 25.1 Å². The van der Waals surface area contributed by atoms with Crippen molar-refractivity contribution in [3.63, 3.8) is 0 Å². The van der Waals surface area contributed by atoms with E-state index >= 15 is 0 Å². The molecule has 1 fully saturated rings. The van der Waals surface area contributed by atoms with Gasteiger partial charge in [0.1, 0.15) is 0 Å². The lowest BCUT2D eigenvalue weighted by molar-refractivity contribution is -0.124. The fourth-order valence-corrected chi connectivity index (χ4v) is 2.26. The average molecular weight is 232 g/mol. The average Bonchev–Trinajstić information content (AvgIpc) is 2.11. The minimum atomic E-state index is -0.834. The molecular formula is C10H20N2O2S. The number of carbonyl (C=O) groups is 1. The maximum Gasteiger partial charge on any atom is 0.220 e. The first-order valence-electron chi connectivity index (χ1n) is 5.35. The molecule has 4 nitrogen and oxygen atoms in total. The smallest absolute Gasteiger partial charge is 0.220 e. The minimum Gasteiger partial charge on any atom is -0.355 e. The summed E-state index contributed by atoms with van der Waals surface area (Å²) >= 11 is 0. The van der Waals surface area contributed by atoms with E-state index in [1.807, 2.05) is 0 Å². The number of hydrogen-bond donors (Lipinski definition) is 2. The van der Waals surface area contributed by atoms with Crippen LogP contribution in [0.25, 0.3) is 0 Å². The SMILES string of the molecule is CS(=O)CCNC(=O)CC1(CN)CCC1. The molecule has 1 unspecified atom stereocenters. The summed E-state index contributed by atoms with van der Waals surface area (Å²) in [6.45, 7) is 1.10. The van der Waals surface area contributed by atoms with Crippen LogP contribution in [0.4, 0.5) is 0 Å². The van der Waals surface area contributed by atoms with Crippen LogP contribution in [-0.2, 0) is 15.6 Å². The van der Waals surface area contributed by atoms with Crippen molar-refractivity contribution in [1.29, 1.82) is 0 Å². The van der Waals surface area contributed by atoms with Crippen LogP contribution >= 0.6 is 0 Å². The zero-order chi connectivity index (χ0) is 11.3. The molecule has 0 aromatic heterocycles. The normalized spacial score (nSPS) is 20.4. The van der Waals surface area contributed by atoms with Crippen molar-refractivity contribution in [1.82, 2.24) is 5.32 Å². The van der Waals surface area contributed by atoms with Gasteiger partial charge in [-0.3, -0.25) is 9.00 Å². The van der Waals surface area contributed by atoms with E-state index < -0.39 is 10.8 Å². The van der Waals surface area contributed by atoms with Gasteiger partial charge in [0.15, 0.2) is 0 Å². The topological polar surface area (TPSA) is 72.2 Å². The van der Waals surface area contributed by atoms with Gasteiger partial charge in [-0.1, -0.05) is 6.42 Å². The van der Waals surface area contributed by atoms with Gasteiger partial charge in [0, 0.05) is 35.8 Å². The summed E-state index contributed by atoms with van der Waals surface area (Å²) in [5.41, 5.74) is 5.73. The van der Waals surface area contributed by atoms with Gasteiger partial charge in [0.05, 0.1) is 0 Å². The van der Waals surface area contributed by atoms with Gasteiger partial charge in [-0.05, 0) is 24.8 Å². The fraction of sp³-hybridized carbons (Fsp3) is 0.900. The van der Waals surface area contributed by atoms with Gasteiger partial charge in [0.2, 0.25) is 5.91 Å². The quantitative estimate of drug-likeness (QED) is 0.677. The standard InChI is InChI=1S/C10H20N2O2S/c1-15(14)6-5-12-9(13)7-10(8-11)3-2-4-10/h2-8,11H2,1H3,(H,12,13). The van der Waals surface area contributed by atoms with Crippen molar-refractivity contribution in [3.8, 4) is 0 Å². The highest BCUT2D eigenvalue weighted by molar-refractivity contribution is 7.84. The first-order chi connectivity index (χ1) is 7.08. The predicted molar refractivity (Wildman–Crippen MR) is 61.9 cm³/mol. The maximum atomic E-state index is 11.5. The second kappa shape index (κ2) is 5.61. The molecule has 0 aliphatic heterocycles. The largest absolute Gasteiger partial charge is 0.355 e. The van der Waals surface area contributed by atoms with Crippen molar-refractivity contribution < 1.29 is 9.00 Å². The third-order valence-electron chi connectivity index (χ3n) is 3.09. The number of carbonyl (C=O) groups excluding carboxylic acids is 1. The van der Waals surface area contributed by atoms with E-state index in [9.17, 15) is 9.00 Å². The summed E-state index contributed by atoms with van der Waals surface area (Å²) in [6, 6.07) is 0. The molecule has 0 radical (unpaired) electrons. The molecule has 0 saturated heterocycles. The van der Waals surface area contributed by atoms with E-state index in [1.165, 1.54) is 6.42 Å². The summed E-state index contributed by atoms with van der Waals surface area (Å²) < 4.78 is 10.8. The number of nitrogens with two attached hydrogens (primary N) is 1. The summed E-state index contributed by atoms with van der Waals surface area (Å²) in [7, 11) is -0.834. The van der Waals surface area contributed by atoms with Crippen LogP contribution in [0.2, 0.25) is 0 Å². The molecule has 1 rings (SSSR count). The van der Waals surface area contributed by atoms with E-state index in [2.05, 4.69) is 5.32 Å². The Balaban J connectivity index is 2.20. The molecule has 0 heterocycles. The Morgan fingerprint density at radius 1 is 1.53 bits per heavy atom. The van der Waals surface area contributed by atoms with Crippen LogP contribution in [-0.4, -0.2) is 35.2 Å². The molecule has 0 aromatic rings. The van der Waals surface area contributed by atoms with Gasteiger partial charge in [-0.25, -0.2) is 0 Å². The lowest BCUT2D eigenvalue weighted by atomic mass is 9.66. The lowest BCUT2D eigenvalue weighted by Crippen LogP contribution is -2.42. The Bertz CT molecular complexity index is 246. The summed E-state index contributed by atoms with van der Waals surface area (Å²) in [4.78, 5) is 11.5. The van der Waals surface area contributed by atoms with Gasteiger partial charge in [0.25, 0.3) is 0 Å². The lowest BCUT2D eigenvalue weighted by Gasteiger charge is -2.40. The van der Waals surface area contributed by atoms with Gasteiger partial charge >= 0.3 is 0 Å². The Morgan fingerprint density at radius 2 is 2.20 bits per heavy atom. The molecule has 5 heteroatoms. The molecule has 3 N–H and O–H groups in total. The van der Waals surface area contributed by atoms with E-state index in [-0.39, 0.29) is 11.3 Å². The zero-order valence-electron chi connectivity index (χ0n) is 9.25. The first kappa shape index (κ1) is 12.6. The van der Waals surface area contributed by atoms with Crippen molar-refractivity contribution in [2.45, 2.75) is 25.7 Å². The number of hydrogen-bond acceptors (Lipinski definition) is 3. The molecular weight excluding hydrogens is 212 g/mol. The number of nitrogens with one attached hydrogen (secondary N) is 1. The molecule has 1 saturated carbocycles. The second-order valence-electron chi connectivity index (χ2n) is 4.36. The molecule has 0 aromatic carbocycles. The zero-order valence-corrected chi connectivity index (χ0v) is 10.1. The molecule has 1 amide bonds. The third-order valence-corrected chi connectivity index (χ3v) is 3.87. The van der Waals surface area contributed by atoms with E-state index in [0.29, 0.717) is 25.3 Å². The van der Waals surface area contributed by atoms with Crippen molar-refractivity contribution in [3.05, 3.63) is 0 Å². The van der Waals surface area contributed by atoms with Crippen LogP contribution in [0.15, 0.2) is 0 Å². The van der Waals surface area contributed by atoms with Crippen LogP contribution in [0.1, 0.15) is 25.7 Å². The highest BCUT2D eigenvalue weighted by atomic mass is 32.2. The summed E-state index contributed by atoms with van der Waals surface area (Å²) in [5, 5.41) is 2.78. The second-order valence-corrected chi connectivity index (χ2v) is 5.92. The summed E-state index contributed by atoms with van der Waals surface area (Å²) in [5.74, 6) is 0.576. The Labute approximate surface area is 93.4 Å². The van der Waals surface area contributed by atoms with Crippen LogP contribution in [0.5, 0.6) is 0 Å². The predicted octanol–water partition coefficient (Wildman–Crippen LogP) is 0.000200. The molecule has 15 heavy (non-hydrogen) atoms. The Morgan fingerprint density at radius 3 is 2.60 bits per heavy atom.